The van der Waals surface area contributed by atoms with E-state index in [2.05, 4.69) is 15.7 Å². The fourth-order valence-electron chi connectivity index (χ4n) is 4.45. The Balaban J connectivity index is 1.66. The maximum Gasteiger partial charge on any atom is 0.354 e. The average molecular weight is 432 g/mol. The minimum Gasteiger partial charge on any atom is -0.386 e. The van der Waals surface area contributed by atoms with Gasteiger partial charge in [-0.15, -0.1) is 4.36 Å². The molecule has 4 rings (SSSR count). The summed E-state index contributed by atoms with van der Waals surface area (Å²) in [6, 6.07) is 5.04. The first-order valence-corrected chi connectivity index (χ1v) is 11.7. The molecule has 0 aromatic heterocycles. The van der Waals surface area contributed by atoms with Gasteiger partial charge in [0.05, 0.1) is 10.5 Å². The third kappa shape index (κ3) is 3.87. The highest BCUT2D eigenvalue weighted by Crippen LogP contribution is 2.38. The molecule has 30 heavy (non-hydrogen) atoms. The van der Waals surface area contributed by atoms with Gasteiger partial charge >= 0.3 is 6.03 Å². The summed E-state index contributed by atoms with van der Waals surface area (Å²) in [5.41, 5.74) is 4.19. The van der Waals surface area contributed by atoms with Gasteiger partial charge in [0, 0.05) is 11.3 Å². The van der Waals surface area contributed by atoms with Crippen LogP contribution < -0.4 is 10.5 Å². The molecule has 1 atom stereocenters. The normalized spacial score (nSPS) is 17.2. The van der Waals surface area contributed by atoms with Crippen LogP contribution in [0.15, 0.2) is 33.5 Å². The number of hydrogen-bond acceptors (Lipinski definition) is 3. The van der Waals surface area contributed by atoms with Crippen molar-refractivity contribution in [1.82, 2.24) is 0 Å². The number of amides is 2. The second-order valence-corrected chi connectivity index (χ2v) is 10.3. The van der Waals surface area contributed by atoms with Gasteiger partial charge in [0.25, 0.3) is 0 Å². The number of nitrogens with two attached hydrogens (primary N) is 1. The number of halogens is 1. The van der Waals surface area contributed by atoms with Crippen molar-refractivity contribution in [1.29, 1.82) is 0 Å². The van der Waals surface area contributed by atoms with Crippen LogP contribution in [0.1, 0.15) is 54.5 Å². The second kappa shape index (κ2) is 7.44. The van der Waals surface area contributed by atoms with Gasteiger partial charge in [-0.25, -0.2) is 18.5 Å². The predicted molar refractivity (Wildman–Crippen MR) is 114 cm³/mol. The number of aliphatic hydroxyl groups is 1. The van der Waals surface area contributed by atoms with Crippen LogP contribution in [-0.2, 0) is 41.2 Å². The van der Waals surface area contributed by atoms with Crippen molar-refractivity contribution in [3.05, 3.63) is 57.9 Å². The molecule has 0 saturated heterocycles. The molecule has 4 N–H and O–H groups in total. The predicted octanol–water partition coefficient (Wildman–Crippen LogP) is 3.96. The number of fused-ring (bicyclic) bond motifs is 2. The Morgan fingerprint density at radius 3 is 2.27 bits per heavy atom. The molecule has 2 aromatic carbocycles. The van der Waals surface area contributed by atoms with Gasteiger partial charge in [-0.3, -0.25) is 0 Å². The number of urea groups is 1. The molecule has 8 heteroatoms. The van der Waals surface area contributed by atoms with E-state index in [1.165, 1.54) is 37.1 Å². The van der Waals surface area contributed by atoms with Gasteiger partial charge in [0.2, 0.25) is 0 Å². The number of nitrogens with one attached hydrogen (secondary N) is 1. The lowest BCUT2D eigenvalue weighted by molar-refractivity contribution is 0.0744. The number of aryl methyl sites for hydroxylation is 2. The topological polar surface area (TPSA) is 105 Å². The lowest BCUT2D eigenvalue weighted by Gasteiger charge is -2.19. The molecule has 0 unspecified atom stereocenters. The van der Waals surface area contributed by atoms with E-state index in [1.807, 2.05) is 0 Å². The van der Waals surface area contributed by atoms with Crippen LogP contribution in [0.5, 0.6) is 0 Å². The summed E-state index contributed by atoms with van der Waals surface area (Å²) in [6.45, 7) is 2.89. The third-order valence-electron chi connectivity index (χ3n) is 5.86. The van der Waals surface area contributed by atoms with Crippen molar-refractivity contribution < 1.29 is 18.5 Å². The number of rotatable bonds is 3. The Bertz CT molecular complexity index is 1130. The molecule has 0 fully saturated rings. The van der Waals surface area contributed by atoms with Crippen LogP contribution >= 0.6 is 0 Å². The number of carbonyl (C=O) groups excluding carboxylic acids is 1. The van der Waals surface area contributed by atoms with Crippen molar-refractivity contribution in [2.45, 2.75) is 62.9 Å². The Hall–Kier alpha value is -2.29. The Kier molecular flexibility index (Phi) is 5.20. The molecule has 2 amide bonds. The molecule has 0 heterocycles. The Morgan fingerprint density at radius 1 is 1.13 bits per heavy atom. The van der Waals surface area contributed by atoms with Gasteiger partial charge in [-0.05, 0) is 86.8 Å². The van der Waals surface area contributed by atoms with Crippen LogP contribution in [0.4, 0.5) is 14.9 Å². The van der Waals surface area contributed by atoms with Gasteiger partial charge in [-0.2, -0.15) is 0 Å². The number of nitrogens with zero attached hydrogens (tertiary/aromatic N) is 1. The van der Waals surface area contributed by atoms with Gasteiger partial charge < -0.3 is 10.4 Å². The smallest absolute Gasteiger partial charge is 0.354 e. The zero-order valence-corrected chi connectivity index (χ0v) is 17.9. The molecule has 0 saturated carbocycles. The summed E-state index contributed by atoms with van der Waals surface area (Å²) < 4.78 is 31.0. The lowest BCUT2D eigenvalue weighted by Crippen LogP contribution is -2.21. The van der Waals surface area contributed by atoms with Crippen LogP contribution in [0, 0.1) is 5.82 Å². The Morgan fingerprint density at radius 2 is 1.73 bits per heavy atom. The fraction of sp³-hybridized carbons (Fsp3) is 0.409. The summed E-state index contributed by atoms with van der Waals surface area (Å²) in [6.07, 6.45) is 5.84. The van der Waals surface area contributed by atoms with Crippen molar-refractivity contribution >= 4 is 21.6 Å². The van der Waals surface area contributed by atoms with Crippen molar-refractivity contribution in [2.24, 2.45) is 9.50 Å². The Labute approximate surface area is 176 Å². The summed E-state index contributed by atoms with van der Waals surface area (Å²) in [7, 11) is -3.65. The van der Waals surface area contributed by atoms with Gasteiger partial charge in [0.1, 0.15) is 15.7 Å². The largest absolute Gasteiger partial charge is 0.386 e. The van der Waals surface area contributed by atoms with Crippen molar-refractivity contribution in [3.8, 4) is 0 Å². The fourth-order valence-corrected chi connectivity index (χ4v) is 5.38. The van der Waals surface area contributed by atoms with E-state index in [0.29, 0.717) is 0 Å². The summed E-state index contributed by atoms with van der Waals surface area (Å²) in [5.74, 6) is -0.757. The molecule has 0 aliphatic heterocycles. The molecule has 0 spiro atoms. The first kappa shape index (κ1) is 21.0. The van der Waals surface area contributed by atoms with Crippen molar-refractivity contribution in [2.75, 3.05) is 5.32 Å². The van der Waals surface area contributed by atoms with Gasteiger partial charge in [0.15, 0.2) is 0 Å². The first-order chi connectivity index (χ1) is 14.1. The minimum absolute atomic E-state index is 0.0429. The molecule has 6 nitrogen and oxygen atoms in total. The highest BCUT2D eigenvalue weighted by Gasteiger charge is 2.26. The third-order valence-corrected chi connectivity index (χ3v) is 7.23. The number of anilines is 1. The number of carbonyl (C=O) groups is 1. The molecular weight excluding hydrogens is 405 g/mol. The van der Waals surface area contributed by atoms with Crippen LogP contribution in [0.3, 0.4) is 0 Å². The van der Waals surface area contributed by atoms with E-state index in [4.69, 9.17) is 5.14 Å². The van der Waals surface area contributed by atoms with E-state index in [9.17, 15) is 18.5 Å². The van der Waals surface area contributed by atoms with E-state index >= 15 is 0 Å². The highest BCUT2D eigenvalue weighted by molar-refractivity contribution is 7.91. The monoisotopic (exact) mass is 431 g/mol. The molecule has 0 radical (unpaired) electrons. The van der Waals surface area contributed by atoms with Crippen LogP contribution in [0.25, 0.3) is 0 Å². The summed E-state index contributed by atoms with van der Waals surface area (Å²) in [4.78, 5) is 12.5. The standard InChI is InChI=1S/C22H26FN3O3S/c1-22(2,28)18-10-9-15(12-19(18)23)30(24,29)26-21(27)25-20-16-7-3-5-13(16)11-14-6-4-8-17(14)20/h9-12,28H,3-8H2,1-2H3,(H3,24,25,26,27,29)/t30-/m0/s1. The van der Waals surface area contributed by atoms with E-state index in [0.717, 1.165) is 61.4 Å². The van der Waals surface area contributed by atoms with Crippen LogP contribution in [-0.4, -0.2) is 15.3 Å². The quantitative estimate of drug-likeness (QED) is 0.685. The van der Waals surface area contributed by atoms with E-state index < -0.39 is 27.4 Å². The maximum atomic E-state index is 14.4. The number of benzene rings is 2. The van der Waals surface area contributed by atoms with E-state index in [1.54, 1.807) is 0 Å². The lowest BCUT2D eigenvalue weighted by atomic mass is 9.98. The zero-order chi connectivity index (χ0) is 21.7. The summed E-state index contributed by atoms with van der Waals surface area (Å²) in [5, 5.41) is 18.6. The second-order valence-electron chi connectivity index (χ2n) is 8.52. The highest BCUT2D eigenvalue weighted by atomic mass is 32.2. The molecular formula is C22H26FN3O3S. The van der Waals surface area contributed by atoms with Gasteiger partial charge in [-0.1, -0.05) is 12.1 Å². The minimum atomic E-state index is -3.65. The average Bonchev–Trinajstić information content (AvgIpc) is 3.28. The summed E-state index contributed by atoms with van der Waals surface area (Å²) >= 11 is 0. The first-order valence-electron chi connectivity index (χ1n) is 10.1. The van der Waals surface area contributed by atoms with Crippen molar-refractivity contribution in [3.63, 3.8) is 0 Å². The molecule has 0 bridgehead atoms. The zero-order valence-electron chi connectivity index (χ0n) is 17.1. The molecule has 2 aliphatic carbocycles. The van der Waals surface area contributed by atoms with Crippen LogP contribution in [0.2, 0.25) is 0 Å². The van der Waals surface area contributed by atoms with E-state index in [-0.39, 0.29) is 10.5 Å². The maximum absolute atomic E-state index is 14.4. The molecule has 2 aliphatic rings. The SMILES string of the molecule is CC(C)(O)c1ccc([S@@](N)(=O)=NC(=O)Nc2c3c(cc4c2CCC4)CCC3)cc1F. The molecule has 2 aromatic rings. The number of hydrogen-bond donors (Lipinski definition) is 3. The molecule has 160 valence electrons.